The fraction of sp³-hybridized carbons (Fsp3) is 1.00. The lowest BCUT2D eigenvalue weighted by Gasteiger charge is -2.41. The third kappa shape index (κ3) is 3.24. The van der Waals surface area contributed by atoms with Gasteiger partial charge in [-0.2, -0.15) is 0 Å². The van der Waals surface area contributed by atoms with Gasteiger partial charge < -0.3 is 0 Å². The first-order chi connectivity index (χ1) is 8.36. The van der Waals surface area contributed by atoms with E-state index in [0.717, 1.165) is 18.1 Å². The van der Waals surface area contributed by atoms with Crippen LogP contribution in [0.4, 0.5) is 0 Å². The molecule has 0 spiro atoms. The Morgan fingerprint density at radius 2 is 1.47 bits per heavy atom. The van der Waals surface area contributed by atoms with Gasteiger partial charge in [-0.3, -0.25) is 4.90 Å². The lowest BCUT2D eigenvalue weighted by molar-refractivity contribution is 0.0706. The smallest absolute Gasteiger partial charge is 0.0102 e. The summed E-state index contributed by atoms with van der Waals surface area (Å²) < 4.78 is 0. The molecule has 2 aliphatic heterocycles. The molecule has 2 rings (SSSR count). The Bertz CT molecular complexity index is 214. The molecule has 2 saturated heterocycles. The van der Waals surface area contributed by atoms with Crippen molar-refractivity contribution in [1.82, 2.24) is 4.90 Å². The molecule has 100 valence electrons. The maximum absolute atomic E-state index is 2.97. The minimum Gasteiger partial charge on any atom is -0.294 e. The molecule has 2 heterocycles. The molecule has 3 atom stereocenters. The van der Waals surface area contributed by atoms with E-state index in [1.54, 1.807) is 0 Å². The van der Waals surface area contributed by atoms with Crippen molar-refractivity contribution in [2.75, 3.05) is 0 Å². The van der Waals surface area contributed by atoms with Crippen LogP contribution in [0.1, 0.15) is 84.5 Å². The van der Waals surface area contributed by atoms with Crippen LogP contribution in [0, 0.1) is 0 Å². The van der Waals surface area contributed by atoms with E-state index >= 15 is 0 Å². The van der Waals surface area contributed by atoms with Crippen LogP contribution in [0.3, 0.4) is 0 Å². The Kier molecular flexibility index (Phi) is 5.34. The highest BCUT2D eigenvalue weighted by molar-refractivity contribution is 4.94. The minimum atomic E-state index is 0.943. The molecule has 0 saturated carbocycles. The largest absolute Gasteiger partial charge is 0.294 e. The van der Waals surface area contributed by atoms with Gasteiger partial charge in [0.15, 0.2) is 0 Å². The highest BCUT2D eigenvalue weighted by Gasteiger charge is 2.39. The van der Waals surface area contributed by atoms with E-state index in [9.17, 15) is 0 Å². The van der Waals surface area contributed by atoms with Crippen LogP contribution in [-0.4, -0.2) is 23.0 Å². The van der Waals surface area contributed by atoms with Crippen molar-refractivity contribution in [3.05, 3.63) is 0 Å². The first kappa shape index (κ1) is 13.4. The lowest BCUT2D eigenvalue weighted by Crippen LogP contribution is -2.47. The zero-order valence-electron chi connectivity index (χ0n) is 12.0. The van der Waals surface area contributed by atoms with E-state index < -0.39 is 0 Å². The van der Waals surface area contributed by atoms with Crippen molar-refractivity contribution in [3.8, 4) is 0 Å². The van der Waals surface area contributed by atoms with Gasteiger partial charge in [0.25, 0.3) is 0 Å². The number of nitrogens with zero attached hydrogens (tertiary/aromatic N) is 1. The average Bonchev–Trinajstić information content (AvgIpc) is 2.77. The van der Waals surface area contributed by atoms with Crippen molar-refractivity contribution < 1.29 is 0 Å². The summed E-state index contributed by atoms with van der Waals surface area (Å²) in [5.74, 6) is 0. The molecule has 0 N–H and O–H groups in total. The molecule has 0 bridgehead atoms. The summed E-state index contributed by atoms with van der Waals surface area (Å²) in [5.41, 5.74) is 0. The third-order valence-electron chi connectivity index (χ3n) is 4.95. The summed E-state index contributed by atoms with van der Waals surface area (Å²) in [5, 5.41) is 0. The minimum absolute atomic E-state index is 0.943. The third-order valence-corrected chi connectivity index (χ3v) is 4.95. The van der Waals surface area contributed by atoms with E-state index in [2.05, 4.69) is 18.7 Å². The number of unbranched alkanes of at least 4 members (excludes halogenated alkanes) is 2. The molecule has 0 aromatic heterocycles. The van der Waals surface area contributed by atoms with Crippen molar-refractivity contribution in [1.29, 1.82) is 0 Å². The van der Waals surface area contributed by atoms with E-state index in [0.29, 0.717) is 0 Å². The summed E-state index contributed by atoms with van der Waals surface area (Å²) in [7, 11) is 0. The van der Waals surface area contributed by atoms with Crippen molar-refractivity contribution in [3.63, 3.8) is 0 Å². The molecule has 2 aliphatic rings. The Labute approximate surface area is 108 Å². The molecule has 0 aromatic rings. The first-order valence-corrected chi connectivity index (χ1v) is 8.14. The van der Waals surface area contributed by atoms with E-state index in [4.69, 9.17) is 0 Å². The summed E-state index contributed by atoms with van der Waals surface area (Å²) >= 11 is 0. The SMILES string of the molecule is CCCC[C@@H]1CCCC2CC[C@@H](CCCC)N21. The molecule has 2 fully saturated rings. The number of hydrogen-bond donors (Lipinski definition) is 0. The number of fused-ring (bicyclic) bond motifs is 1. The molecule has 1 heteroatoms. The van der Waals surface area contributed by atoms with Gasteiger partial charge in [0, 0.05) is 18.1 Å². The Balaban J connectivity index is 1.91. The van der Waals surface area contributed by atoms with Crippen LogP contribution in [0.2, 0.25) is 0 Å². The molecular formula is C16H31N. The topological polar surface area (TPSA) is 3.24 Å². The van der Waals surface area contributed by atoms with Crippen molar-refractivity contribution >= 4 is 0 Å². The summed E-state index contributed by atoms with van der Waals surface area (Å²) in [6.07, 6.45) is 16.0. The van der Waals surface area contributed by atoms with Crippen molar-refractivity contribution in [2.45, 2.75) is 103 Å². The maximum atomic E-state index is 2.97. The lowest BCUT2D eigenvalue weighted by atomic mass is 9.92. The number of rotatable bonds is 6. The second-order valence-corrected chi connectivity index (χ2v) is 6.20. The zero-order valence-corrected chi connectivity index (χ0v) is 12.0. The molecule has 0 amide bonds. The predicted molar refractivity (Wildman–Crippen MR) is 75.3 cm³/mol. The van der Waals surface area contributed by atoms with Gasteiger partial charge in [0.05, 0.1) is 0 Å². The van der Waals surface area contributed by atoms with E-state index in [1.165, 1.54) is 70.6 Å². The van der Waals surface area contributed by atoms with Crippen LogP contribution >= 0.6 is 0 Å². The predicted octanol–water partition coefficient (Wildman–Crippen LogP) is 4.75. The second-order valence-electron chi connectivity index (χ2n) is 6.20. The van der Waals surface area contributed by atoms with Gasteiger partial charge in [0.2, 0.25) is 0 Å². The van der Waals surface area contributed by atoms with Crippen LogP contribution in [0.5, 0.6) is 0 Å². The van der Waals surface area contributed by atoms with Gasteiger partial charge in [0.1, 0.15) is 0 Å². The Morgan fingerprint density at radius 1 is 0.824 bits per heavy atom. The summed E-state index contributed by atoms with van der Waals surface area (Å²) in [4.78, 5) is 2.97. The van der Waals surface area contributed by atoms with Crippen LogP contribution < -0.4 is 0 Å². The molecule has 0 aliphatic carbocycles. The highest BCUT2D eigenvalue weighted by atomic mass is 15.2. The highest BCUT2D eigenvalue weighted by Crippen LogP contribution is 2.38. The van der Waals surface area contributed by atoms with Crippen LogP contribution in [0.25, 0.3) is 0 Å². The van der Waals surface area contributed by atoms with E-state index in [1.807, 2.05) is 0 Å². The van der Waals surface area contributed by atoms with Crippen LogP contribution in [-0.2, 0) is 0 Å². The van der Waals surface area contributed by atoms with Gasteiger partial charge in [-0.05, 0) is 38.5 Å². The first-order valence-electron chi connectivity index (χ1n) is 8.14. The number of hydrogen-bond acceptors (Lipinski definition) is 1. The summed E-state index contributed by atoms with van der Waals surface area (Å²) in [6, 6.07) is 2.85. The second kappa shape index (κ2) is 6.78. The van der Waals surface area contributed by atoms with Crippen molar-refractivity contribution in [2.24, 2.45) is 0 Å². The fourth-order valence-corrected chi connectivity index (χ4v) is 4.08. The Morgan fingerprint density at radius 3 is 2.12 bits per heavy atom. The standard InChI is InChI=1S/C16H31N/c1-3-5-8-14-10-7-11-16-13-12-15(17(14)16)9-6-4-2/h14-16H,3-13H2,1-2H3/t14-,15-,16?/m1/s1. The van der Waals surface area contributed by atoms with Crippen LogP contribution in [0.15, 0.2) is 0 Å². The van der Waals surface area contributed by atoms with Gasteiger partial charge in [-0.1, -0.05) is 46.0 Å². The molecule has 0 radical (unpaired) electrons. The number of piperidine rings is 1. The molecule has 17 heavy (non-hydrogen) atoms. The maximum Gasteiger partial charge on any atom is 0.0102 e. The normalized spacial score (nSPS) is 33.9. The van der Waals surface area contributed by atoms with Gasteiger partial charge in [-0.15, -0.1) is 0 Å². The quantitative estimate of drug-likeness (QED) is 0.644. The fourth-order valence-electron chi connectivity index (χ4n) is 4.08. The van der Waals surface area contributed by atoms with E-state index in [-0.39, 0.29) is 0 Å². The van der Waals surface area contributed by atoms with Gasteiger partial charge in [-0.25, -0.2) is 0 Å². The molecule has 1 nitrogen and oxygen atoms in total. The Hall–Kier alpha value is -0.0400. The monoisotopic (exact) mass is 237 g/mol. The average molecular weight is 237 g/mol. The van der Waals surface area contributed by atoms with Gasteiger partial charge >= 0.3 is 0 Å². The molecular weight excluding hydrogens is 206 g/mol. The molecule has 1 unspecified atom stereocenters. The summed E-state index contributed by atoms with van der Waals surface area (Å²) in [6.45, 7) is 4.66. The zero-order chi connectivity index (χ0) is 12.1. The molecule has 0 aromatic carbocycles.